The Bertz CT molecular complexity index is 324. The van der Waals surface area contributed by atoms with Crippen LogP contribution in [0.15, 0.2) is 18.2 Å². The zero-order valence-corrected chi connectivity index (χ0v) is 10.0. The fourth-order valence-corrected chi connectivity index (χ4v) is 1.79. The molecule has 0 radical (unpaired) electrons. The van der Waals surface area contributed by atoms with Gasteiger partial charge in [-0.3, -0.25) is 0 Å². The molecule has 0 atom stereocenters. The maximum absolute atomic E-state index is 6.17. The first kappa shape index (κ1) is 11.5. The van der Waals surface area contributed by atoms with Crippen molar-refractivity contribution >= 4 is 11.6 Å². The van der Waals surface area contributed by atoms with Gasteiger partial charge in [0.15, 0.2) is 0 Å². The van der Waals surface area contributed by atoms with E-state index in [1.165, 1.54) is 5.56 Å². The van der Waals surface area contributed by atoms with E-state index < -0.39 is 0 Å². The summed E-state index contributed by atoms with van der Waals surface area (Å²) in [4.78, 5) is 0. The van der Waals surface area contributed by atoms with Crippen molar-refractivity contribution in [3.05, 3.63) is 34.3 Å². The molecule has 1 nitrogen and oxygen atoms in total. The Morgan fingerprint density at radius 1 is 1.29 bits per heavy atom. The standard InChI is InChI=1S/C12H18ClN/c1-8(2)10-6-5-9(7-11(10)13)12(3,4)14/h5-8H,14H2,1-4H3. The molecule has 0 amide bonds. The van der Waals surface area contributed by atoms with Gasteiger partial charge in [-0.2, -0.15) is 0 Å². The van der Waals surface area contributed by atoms with Gasteiger partial charge in [-0.05, 0) is 37.0 Å². The van der Waals surface area contributed by atoms with Crippen LogP contribution in [0.5, 0.6) is 0 Å². The Morgan fingerprint density at radius 3 is 2.21 bits per heavy atom. The third-order valence-electron chi connectivity index (χ3n) is 2.37. The molecule has 0 aromatic heterocycles. The van der Waals surface area contributed by atoms with Crippen molar-refractivity contribution < 1.29 is 0 Å². The van der Waals surface area contributed by atoms with Crippen molar-refractivity contribution in [2.45, 2.75) is 39.2 Å². The van der Waals surface area contributed by atoms with E-state index in [4.69, 9.17) is 17.3 Å². The van der Waals surface area contributed by atoms with Gasteiger partial charge in [-0.15, -0.1) is 0 Å². The average Bonchev–Trinajstić information content (AvgIpc) is 2.01. The normalized spacial score (nSPS) is 12.2. The molecule has 0 aliphatic carbocycles. The van der Waals surface area contributed by atoms with Gasteiger partial charge in [0.05, 0.1) is 0 Å². The summed E-state index contributed by atoms with van der Waals surface area (Å²) in [5, 5.41) is 0.816. The lowest BCUT2D eigenvalue weighted by Crippen LogP contribution is -2.28. The van der Waals surface area contributed by atoms with Crippen LogP contribution in [-0.2, 0) is 5.54 Å². The van der Waals surface area contributed by atoms with E-state index in [2.05, 4.69) is 26.0 Å². The molecule has 1 aromatic carbocycles. The molecule has 0 aliphatic heterocycles. The lowest BCUT2D eigenvalue weighted by Gasteiger charge is -2.20. The lowest BCUT2D eigenvalue weighted by atomic mass is 9.92. The Hall–Kier alpha value is -0.530. The number of benzene rings is 1. The van der Waals surface area contributed by atoms with Gasteiger partial charge in [-0.25, -0.2) is 0 Å². The molecule has 78 valence electrons. The van der Waals surface area contributed by atoms with Crippen LogP contribution in [0, 0.1) is 0 Å². The molecule has 0 fully saturated rings. The summed E-state index contributed by atoms with van der Waals surface area (Å²) in [7, 11) is 0. The fraction of sp³-hybridized carbons (Fsp3) is 0.500. The van der Waals surface area contributed by atoms with Gasteiger partial charge >= 0.3 is 0 Å². The van der Waals surface area contributed by atoms with Gasteiger partial charge in [0.25, 0.3) is 0 Å². The van der Waals surface area contributed by atoms with Crippen LogP contribution < -0.4 is 5.73 Å². The average molecular weight is 212 g/mol. The number of nitrogens with two attached hydrogens (primary N) is 1. The van der Waals surface area contributed by atoms with E-state index >= 15 is 0 Å². The number of halogens is 1. The van der Waals surface area contributed by atoms with E-state index in [1.54, 1.807) is 0 Å². The second-order valence-corrected chi connectivity index (χ2v) is 5.02. The zero-order valence-electron chi connectivity index (χ0n) is 9.26. The topological polar surface area (TPSA) is 26.0 Å². The van der Waals surface area contributed by atoms with E-state index in [0.717, 1.165) is 10.6 Å². The maximum atomic E-state index is 6.17. The van der Waals surface area contributed by atoms with Crippen LogP contribution in [0.1, 0.15) is 44.7 Å². The number of rotatable bonds is 2. The van der Waals surface area contributed by atoms with Gasteiger partial charge in [0.1, 0.15) is 0 Å². The summed E-state index contributed by atoms with van der Waals surface area (Å²) in [6.07, 6.45) is 0. The van der Waals surface area contributed by atoms with Crippen molar-refractivity contribution in [2.75, 3.05) is 0 Å². The predicted molar refractivity (Wildman–Crippen MR) is 62.8 cm³/mol. The minimum atomic E-state index is -0.320. The smallest absolute Gasteiger partial charge is 0.0444 e. The Kier molecular flexibility index (Phi) is 3.23. The monoisotopic (exact) mass is 211 g/mol. The van der Waals surface area contributed by atoms with Crippen molar-refractivity contribution in [1.29, 1.82) is 0 Å². The van der Waals surface area contributed by atoms with Crippen LogP contribution in [0.25, 0.3) is 0 Å². The van der Waals surface area contributed by atoms with Gasteiger partial charge < -0.3 is 5.73 Å². The molecule has 14 heavy (non-hydrogen) atoms. The number of hydrogen-bond donors (Lipinski definition) is 1. The SMILES string of the molecule is CC(C)c1ccc(C(C)(C)N)cc1Cl. The summed E-state index contributed by atoms with van der Waals surface area (Å²) >= 11 is 6.17. The van der Waals surface area contributed by atoms with Gasteiger partial charge in [-0.1, -0.05) is 37.6 Å². The summed E-state index contributed by atoms with van der Waals surface area (Å²) in [6.45, 7) is 8.23. The minimum Gasteiger partial charge on any atom is -0.322 e. The van der Waals surface area contributed by atoms with Gasteiger partial charge in [0, 0.05) is 10.6 Å². The first-order chi connectivity index (χ1) is 6.32. The maximum Gasteiger partial charge on any atom is 0.0444 e. The van der Waals surface area contributed by atoms with Gasteiger partial charge in [0.2, 0.25) is 0 Å². The molecule has 2 heteroatoms. The first-order valence-electron chi connectivity index (χ1n) is 4.91. The molecule has 1 aromatic rings. The summed E-state index contributed by atoms with van der Waals surface area (Å²) in [5.41, 5.74) is 7.93. The largest absolute Gasteiger partial charge is 0.322 e. The van der Waals surface area contributed by atoms with Crippen molar-refractivity contribution in [1.82, 2.24) is 0 Å². The Labute approximate surface area is 91.3 Å². The predicted octanol–water partition coefficient (Wildman–Crippen LogP) is 3.66. The molecule has 0 spiro atoms. The minimum absolute atomic E-state index is 0.320. The quantitative estimate of drug-likeness (QED) is 0.794. The second kappa shape index (κ2) is 3.92. The molecular weight excluding hydrogens is 194 g/mol. The van der Waals surface area contributed by atoms with E-state index in [-0.39, 0.29) is 5.54 Å². The van der Waals surface area contributed by atoms with Crippen LogP contribution in [-0.4, -0.2) is 0 Å². The van der Waals surface area contributed by atoms with Crippen molar-refractivity contribution in [3.8, 4) is 0 Å². The molecule has 0 aliphatic rings. The van der Waals surface area contributed by atoms with Crippen LogP contribution in [0.2, 0.25) is 5.02 Å². The molecular formula is C12H18ClN. The zero-order chi connectivity index (χ0) is 10.9. The van der Waals surface area contributed by atoms with E-state index in [0.29, 0.717) is 5.92 Å². The summed E-state index contributed by atoms with van der Waals surface area (Å²) < 4.78 is 0. The second-order valence-electron chi connectivity index (χ2n) is 4.61. The first-order valence-corrected chi connectivity index (χ1v) is 5.29. The number of hydrogen-bond acceptors (Lipinski definition) is 1. The van der Waals surface area contributed by atoms with E-state index in [1.807, 2.05) is 19.9 Å². The molecule has 0 unspecified atom stereocenters. The Morgan fingerprint density at radius 2 is 1.86 bits per heavy atom. The lowest BCUT2D eigenvalue weighted by molar-refractivity contribution is 0.554. The summed E-state index contributed by atoms with van der Waals surface area (Å²) in [6, 6.07) is 6.09. The third kappa shape index (κ3) is 2.49. The van der Waals surface area contributed by atoms with Crippen molar-refractivity contribution in [2.24, 2.45) is 5.73 Å². The van der Waals surface area contributed by atoms with E-state index in [9.17, 15) is 0 Å². The highest BCUT2D eigenvalue weighted by Crippen LogP contribution is 2.28. The molecule has 1 rings (SSSR count). The summed E-state index contributed by atoms with van der Waals surface area (Å²) in [5.74, 6) is 0.456. The van der Waals surface area contributed by atoms with Crippen molar-refractivity contribution in [3.63, 3.8) is 0 Å². The highest BCUT2D eigenvalue weighted by Gasteiger charge is 2.15. The Balaban J connectivity index is 3.13. The highest BCUT2D eigenvalue weighted by molar-refractivity contribution is 6.31. The molecule has 0 saturated heterocycles. The molecule has 0 heterocycles. The molecule has 0 bridgehead atoms. The van der Waals surface area contributed by atoms with Crippen LogP contribution in [0.3, 0.4) is 0 Å². The third-order valence-corrected chi connectivity index (χ3v) is 2.69. The molecule has 2 N–H and O–H groups in total. The molecule has 0 saturated carbocycles. The fourth-order valence-electron chi connectivity index (χ4n) is 1.40. The highest BCUT2D eigenvalue weighted by atomic mass is 35.5. The van der Waals surface area contributed by atoms with Crippen LogP contribution >= 0.6 is 11.6 Å². The van der Waals surface area contributed by atoms with Crippen LogP contribution in [0.4, 0.5) is 0 Å².